The molecule has 5 aromatic rings. The Morgan fingerprint density at radius 2 is 1.81 bits per heavy atom. The molecule has 7 heteroatoms. The van der Waals surface area contributed by atoms with Gasteiger partial charge in [-0.2, -0.15) is 0 Å². The van der Waals surface area contributed by atoms with Gasteiger partial charge in [0.2, 0.25) is 5.91 Å². The van der Waals surface area contributed by atoms with Gasteiger partial charge in [0.15, 0.2) is 5.13 Å². The van der Waals surface area contributed by atoms with E-state index in [1.54, 1.807) is 12.1 Å². The third-order valence-electron chi connectivity index (χ3n) is 7.76. The van der Waals surface area contributed by atoms with E-state index in [4.69, 9.17) is 9.97 Å². The van der Waals surface area contributed by atoms with E-state index in [-0.39, 0.29) is 23.7 Å². The molecular weight excluding hydrogens is 471 g/mol. The molecule has 1 amide bonds. The fourth-order valence-electron chi connectivity index (χ4n) is 6.15. The Morgan fingerprint density at radius 1 is 1.06 bits per heavy atom. The molecule has 36 heavy (non-hydrogen) atoms. The maximum atomic E-state index is 14.3. The third-order valence-corrected chi connectivity index (χ3v) is 8.52. The topological polar surface area (TPSA) is 59.8 Å². The lowest BCUT2D eigenvalue weighted by Gasteiger charge is -2.49. The van der Waals surface area contributed by atoms with Crippen molar-refractivity contribution >= 4 is 33.1 Å². The van der Waals surface area contributed by atoms with Crippen molar-refractivity contribution in [2.75, 3.05) is 5.32 Å². The van der Waals surface area contributed by atoms with Crippen LogP contribution in [0.1, 0.15) is 47.9 Å². The van der Waals surface area contributed by atoms with Gasteiger partial charge in [-0.15, -0.1) is 11.3 Å². The molecule has 3 atom stereocenters. The highest BCUT2D eigenvalue weighted by atomic mass is 32.1. The summed E-state index contributed by atoms with van der Waals surface area (Å²) in [4.78, 5) is 23.4. The molecule has 1 aliphatic carbocycles. The monoisotopic (exact) mass is 494 g/mol. The number of hydrogen-bond donors (Lipinski definition) is 1. The van der Waals surface area contributed by atoms with E-state index in [9.17, 15) is 9.18 Å². The number of aryl methyl sites for hydroxylation is 1. The smallest absolute Gasteiger partial charge is 0.234 e. The van der Waals surface area contributed by atoms with E-state index in [0.29, 0.717) is 16.9 Å². The third kappa shape index (κ3) is 2.95. The van der Waals surface area contributed by atoms with Crippen LogP contribution in [-0.2, 0) is 4.79 Å². The fraction of sp³-hybridized carbons (Fsp3) is 0.207. The predicted molar refractivity (Wildman–Crippen MR) is 140 cm³/mol. The van der Waals surface area contributed by atoms with Crippen LogP contribution in [0.5, 0.6) is 0 Å². The minimum absolute atomic E-state index is 0.0473. The zero-order chi connectivity index (χ0) is 24.6. The Kier molecular flexibility index (Phi) is 4.51. The second kappa shape index (κ2) is 7.58. The number of nitrogens with zero attached hydrogens (tertiary/aromatic N) is 3. The van der Waals surface area contributed by atoms with E-state index in [2.05, 4.69) is 41.2 Å². The number of halogens is 1. The van der Waals surface area contributed by atoms with Crippen molar-refractivity contribution in [3.05, 3.63) is 101 Å². The highest BCUT2D eigenvalue weighted by Gasteiger charge is 2.55. The molecule has 0 radical (unpaired) electrons. The molecule has 3 aromatic carbocycles. The lowest BCUT2D eigenvalue weighted by Crippen LogP contribution is -2.50. The van der Waals surface area contributed by atoms with Crippen molar-refractivity contribution in [3.8, 4) is 11.3 Å². The molecule has 0 saturated heterocycles. The number of aromatic nitrogens is 3. The van der Waals surface area contributed by atoms with Gasteiger partial charge in [-0.25, -0.2) is 14.4 Å². The largest absolute Gasteiger partial charge is 0.326 e. The SMILES string of the molecule is Cc1cn2c(n1)C1CC(C)(C(=O)Nc3nc(-c4ccc(F)c5ccccc45)cs3)C2c2ccccc21. The lowest BCUT2D eigenvalue weighted by molar-refractivity contribution is -0.128. The number of fused-ring (bicyclic) bond motifs is 2. The summed E-state index contributed by atoms with van der Waals surface area (Å²) in [6, 6.07) is 18.9. The van der Waals surface area contributed by atoms with Crippen molar-refractivity contribution < 1.29 is 9.18 Å². The van der Waals surface area contributed by atoms with Gasteiger partial charge in [-0.1, -0.05) is 48.5 Å². The lowest BCUT2D eigenvalue weighted by atomic mass is 9.61. The van der Waals surface area contributed by atoms with Crippen LogP contribution in [0.15, 0.2) is 72.2 Å². The van der Waals surface area contributed by atoms with Crippen LogP contribution in [-0.4, -0.2) is 20.4 Å². The number of carbonyl (C=O) groups is 1. The summed E-state index contributed by atoms with van der Waals surface area (Å²) in [7, 11) is 0. The minimum Gasteiger partial charge on any atom is -0.326 e. The van der Waals surface area contributed by atoms with Gasteiger partial charge >= 0.3 is 0 Å². The Bertz CT molecular complexity index is 1690. The highest BCUT2D eigenvalue weighted by Crippen LogP contribution is 2.58. The number of amides is 1. The number of anilines is 1. The molecule has 2 aliphatic heterocycles. The van der Waals surface area contributed by atoms with E-state index < -0.39 is 5.41 Å². The quantitative estimate of drug-likeness (QED) is 0.304. The first-order valence-corrected chi connectivity index (χ1v) is 12.9. The van der Waals surface area contributed by atoms with Gasteiger partial charge in [-0.05, 0) is 48.9 Å². The molecular formula is C29H23FN4OS. The first kappa shape index (κ1) is 21.4. The van der Waals surface area contributed by atoms with Crippen molar-refractivity contribution in [2.45, 2.75) is 32.2 Å². The van der Waals surface area contributed by atoms with Crippen molar-refractivity contribution in [1.82, 2.24) is 14.5 Å². The van der Waals surface area contributed by atoms with E-state index in [0.717, 1.165) is 28.2 Å². The van der Waals surface area contributed by atoms with Gasteiger partial charge in [-0.3, -0.25) is 4.79 Å². The number of nitrogens with one attached hydrogen (secondary N) is 1. The molecule has 4 heterocycles. The number of rotatable bonds is 3. The predicted octanol–water partition coefficient (Wildman–Crippen LogP) is 6.69. The maximum Gasteiger partial charge on any atom is 0.234 e. The molecule has 2 aromatic heterocycles. The van der Waals surface area contributed by atoms with Gasteiger partial charge in [0.05, 0.1) is 22.8 Å². The Labute approximate surface area is 211 Å². The van der Waals surface area contributed by atoms with Crippen LogP contribution in [0.3, 0.4) is 0 Å². The first-order chi connectivity index (χ1) is 17.4. The highest BCUT2D eigenvalue weighted by molar-refractivity contribution is 7.14. The molecule has 0 spiro atoms. The number of carbonyl (C=O) groups excluding carboxylic acids is 1. The first-order valence-electron chi connectivity index (χ1n) is 12.0. The molecule has 2 bridgehead atoms. The Hall–Kier alpha value is -3.84. The number of thiazole rings is 1. The summed E-state index contributed by atoms with van der Waals surface area (Å²) in [6.45, 7) is 4.05. The summed E-state index contributed by atoms with van der Waals surface area (Å²) in [5.74, 6) is 0.816. The van der Waals surface area contributed by atoms with E-state index in [1.807, 2.05) is 36.6 Å². The molecule has 0 fully saturated rings. The van der Waals surface area contributed by atoms with E-state index in [1.165, 1.54) is 28.5 Å². The molecule has 1 N–H and O–H groups in total. The zero-order valence-electron chi connectivity index (χ0n) is 19.8. The van der Waals surface area contributed by atoms with Gasteiger partial charge < -0.3 is 9.88 Å². The van der Waals surface area contributed by atoms with Crippen molar-refractivity contribution in [1.29, 1.82) is 0 Å². The maximum absolute atomic E-state index is 14.3. The van der Waals surface area contributed by atoms with Crippen LogP contribution < -0.4 is 5.32 Å². The zero-order valence-corrected chi connectivity index (χ0v) is 20.6. The summed E-state index contributed by atoms with van der Waals surface area (Å²) in [5.41, 5.74) is 4.33. The summed E-state index contributed by atoms with van der Waals surface area (Å²) in [5, 5.41) is 6.93. The normalized spacial score (nSPS) is 21.9. The minimum atomic E-state index is -0.659. The molecule has 0 saturated carbocycles. The van der Waals surface area contributed by atoms with Crippen LogP contribution in [0.2, 0.25) is 0 Å². The van der Waals surface area contributed by atoms with Gasteiger partial charge in [0, 0.05) is 28.4 Å². The average molecular weight is 495 g/mol. The van der Waals surface area contributed by atoms with Crippen molar-refractivity contribution in [2.24, 2.45) is 5.41 Å². The Morgan fingerprint density at radius 3 is 2.64 bits per heavy atom. The van der Waals surface area contributed by atoms with Crippen molar-refractivity contribution in [3.63, 3.8) is 0 Å². The van der Waals surface area contributed by atoms with Crippen LogP contribution in [0.4, 0.5) is 9.52 Å². The van der Waals surface area contributed by atoms with Crippen LogP contribution >= 0.6 is 11.3 Å². The summed E-state index contributed by atoms with van der Waals surface area (Å²) in [6.07, 6.45) is 2.76. The molecule has 3 unspecified atom stereocenters. The number of imidazole rings is 1. The average Bonchev–Trinajstić information content (AvgIpc) is 3.51. The Balaban J connectivity index is 1.24. The molecule has 8 rings (SSSR count). The van der Waals surface area contributed by atoms with E-state index >= 15 is 0 Å². The number of hydrogen-bond acceptors (Lipinski definition) is 4. The number of benzene rings is 3. The van der Waals surface area contributed by atoms with Crippen LogP contribution in [0.25, 0.3) is 22.0 Å². The summed E-state index contributed by atoms with van der Waals surface area (Å²) < 4.78 is 16.5. The molecule has 3 aliphatic rings. The van der Waals surface area contributed by atoms with Crippen LogP contribution in [0, 0.1) is 18.2 Å². The fourth-order valence-corrected chi connectivity index (χ4v) is 6.86. The second-order valence-corrected chi connectivity index (χ2v) is 10.8. The van der Waals surface area contributed by atoms with Gasteiger partial charge in [0.25, 0.3) is 0 Å². The second-order valence-electron chi connectivity index (χ2n) is 9.99. The summed E-state index contributed by atoms with van der Waals surface area (Å²) >= 11 is 1.39. The standard InChI is InChI=1S/C29H23FN4OS/c1-16-14-34-25-21-10-6-4-8-18(21)22(26(34)31-16)13-29(25,2)27(35)33-28-32-24(15-36-28)20-11-12-23(30)19-9-5-3-7-17(19)20/h3-12,14-15,22,25H,13H2,1-2H3,(H,32,33,35). The molecule has 5 nitrogen and oxygen atoms in total. The van der Waals surface area contributed by atoms with Gasteiger partial charge in [0.1, 0.15) is 11.6 Å². The molecule has 178 valence electrons.